The largest absolute Gasteiger partial charge is 0.472 e. The lowest BCUT2D eigenvalue weighted by molar-refractivity contribution is -0.148. The number of aliphatic hydroxyl groups is 3. The molecule has 58 heavy (non-hydrogen) atoms. The summed E-state index contributed by atoms with van der Waals surface area (Å²) in [6.07, 6.45) is 26.7. The Morgan fingerprint density at radius 2 is 0.586 bits per heavy atom. The zero-order valence-electron chi connectivity index (χ0n) is 36.0. The third kappa shape index (κ3) is 40.4. The average Bonchev–Trinajstić information content (AvgIpc) is 3.19. The molecule has 346 valence electrons. The normalized spacial score (nSPS) is 15.4. The first kappa shape index (κ1) is 57.0. The van der Waals surface area contributed by atoms with Crippen molar-refractivity contribution in [3.63, 3.8) is 0 Å². The van der Waals surface area contributed by atoms with Crippen molar-refractivity contribution in [2.24, 2.45) is 0 Å². The molecule has 4 atom stereocenters. The van der Waals surface area contributed by atoms with Crippen molar-refractivity contribution in [2.75, 3.05) is 39.6 Å². The number of carbonyl (C=O) groups excluding carboxylic acids is 2. The Kier molecular flexibility index (Phi) is 38.3. The number of ether oxygens (including phenoxy) is 2. The van der Waals surface area contributed by atoms with Crippen LogP contribution in [0.15, 0.2) is 0 Å². The highest BCUT2D eigenvalue weighted by molar-refractivity contribution is 7.47. The summed E-state index contributed by atoms with van der Waals surface area (Å²) in [5.41, 5.74) is 0. The number of carbonyl (C=O) groups is 2. The van der Waals surface area contributed by atoms with Crippen LogP contribution in [0.5, 0.6) is 0 Å². The van der Waals surface area contributed by atoms with E-state index in [-0.39, 0.29) is 12.8 Å². The van der Waals surface area contributed by atoms with Gasteiger partial charge in [0.2, 0.25) is 0 Å². The van der Waals surface area contributed by atoms with Crippen LogP contribution in [0.3, 0.4) is 0 Å². The molecular weight excluding hydrogens is 794 g/mol. The fourth-order valence-electron chi connectivity index (χ4n) is 6.04. The van der Waals surface area contributed by atoms with Gasteiger partial charge in [0, 0.05) is 12.8 Å². The Morgan fingerprint density at radius 1 is 0.379 bits per heavy atom. The van der Waals surface area contributed by atoms with E-state index >= 15 is 0 Å². The van der Waals surface area contributed by atoms with Crippen LogP contribution in [0.4, 0.5) is 0 Å². The molecular formula is C41H82O15P2. The summed E-state index contributed by atoms with van der Waals surface area (Å²) < 4.78 is 52.8. The topological polar surface area (TPSA) is 225 Å². The van der Waals surface area contributed by atoms with E-state index in [0.29, 0.717) is 12.8 Å². The minimum Gasteiger partial charge on any atom is -0.463 e. The summed E-state index contributed by atoms with van der Waals surface area (Å²) in [7, 11) is -9.55. The average molecular weight is 877 g/mol. The molecule has 0 heterocycles. The minimum absolute atomic E-state index is 0.203. The number of hydrogen-bond acceptors (Lipinski definition) is 13. The third-order valence-electron chi connectivity index (χ3n) is 9.56. The lowest BCUT2D eigenvalue weighted by Gasteiger charge is -2.19. The molecule has 0 aromatic carbocycles. The monoisotopic (exact) mass is 877 g/mol. The zero-order valence-corrected chi connectivity index (χ0v) is 37.8. The molecule has 0 aromatic rings. The number of phosphoric ester groups is 2. The summed E-state index contributed by atoms with van der Waals surface area (Å²) in [5, 5.41) is 29.9. The van der Waals surface area contributed by atoms with E-state index in [1.165, 1.54) is 116 Å². The molecule has 0 spiro atoms. The van der Waals surface area contributed by atoms with Crippen molar-refractivity contribution in [3.05, 3.63) is 0 Å². The summed E-state index contributed by atoms with van der Waals surface area (Å²) in [4.78, 5) is 43.6. The van der Waals surface area contributed by atoms with Crippen molar-refractivity contribution < 1.29 is 71.4 Å². The molecule has 0 saturated heterocycles. The van der Waals surface area contributed by atoms with Gasteiger partial charge < -0.3 is 34.6 Å². The van der Waals surface area contributed by atoms with Crippen LogP contribution in [0, 0.1) is 0 Å². The van der Waals surface area contributed by atoms with Crippen molar-refractivity contribution in [1.29, 1.82) is 0 Å². The van der Waals surface area contributed by atoms with Crippen LogP contribution >= 0.6 is 15.6 Å². The van der Waals surface area contributed by atoms with E-state index in [0.717, 1.165) is 38.5 Å². The van der Waals surface area contributed by atoms with Gasteiger partial charge in [-0.2, -0.15) is 0 Å². The van der Waals surface area contributed by atoms with Gasteiger partial charge in [-0.1, -0.05) is 168 Å². The van der Waals surface area contributed by atoms with E-state index in [9.17, 15) is 43.8 Å². The maximum Gasteiger partial charge on any atom is 0.472 e. The van der Waals surface area contributed by atoms with Crippen molar-refractivity contribution in [3.8, 4) is 0 Å². The summed E-state index contributed by atoms with van der Waals surface area (Å²) in [6.45, 7) is 0.437. The van der Waals surface area contributed by atoms with Crippen molar-refractivity contribution in [1.82, 2.24) is 0 Å². The van der Waals surface area contributed by atoms with Crippen molar-refractivity contribution in [2.45, 2.75) is 212 Å². The van der Waals surface area contributed by atoms with E-state index in [1.807, 2.05) is 0 Å². The van der Waals surface area contributed by atoms with Gasteiger partial charge in [0.1, 0.15) is 31.5 Å². The van der Waals surface area contributed by atoms with Gasteiger partial charge in [-0.25, -0.2) is 9.13 Å². The summed E-state index contributed by atoms with van der Waals surface area (Å²) >= 11 is 0. The van der Waals surface area contributed by atoms with Crippen LogP contribution < -0.4 is 0 Å². The lowest BCUT2D eigenvalue weighted by atomic mass is 10.0. The highest BCUT2D eigenvalue weighted by Gasteiger charge is 2.28. The molecule has 0 rings (SSSR count). The Bertz CT molecular complexity index is 987. The van der Waals surface area contributed by atoms with Crippen molar-refractivity contribution >= 4 is 27.6 Å². The standard InChI is InChI=1S/C41H82O15P2/c1-3-5-7-9-11-13-15-17-19-21-23-25-27-29-40(45)51-31-37(42)33-53-57(47,48)55-35-39(44)36-56-58(49,50)54-34-38(43)32-52-41(46)30-28-26-24-22-20-18-16-14-12-10-8-6-4-2/h37-39,42-44H,3-36H2,1-2H3,(H,47,48)(H,49,50). The second-order valence-corrected chi connectivity index (χ2v) is 18.3. The molecule has 0 radical (unpaired) electrons. The summed E-state index contributed by atoms with van der Waals surface area (Å²) in [5.74, 6) is -0.987. The smallest absolute Gasteiger partial charge is 0.463 e. The quantitative estimate of drug-likeness (QED) is 0.0218. The SMILES string of the molecule is CCCCCCCCCCCCCCCC(=O)OCC(O)COP(=O)(O)OCC(O)COP(=O)(O)OCC(O)COC(=O)CCCCCCCCCCCCCCC. The third-order valence-corrected chi connectivity index (χ3v) is 11.5. The van der Waals surface area contributed by atoms with Gasteiger partial charge >= 0.3 is 27.6 Å². The van der Waals surface area contributed by atoms with Crippen LogP contribution in [0.25, 0.3) is 0 Å². The van der Waals surface area contributed by atoms with E-state index in [1.54, 1.807) is 0 Å². The molecule has 0 aliphatic heterocycles. The maximum atomic E-state index is 12.1. The zero-order chi connectivity index (χ0) is 43.2. The minimum atomic E-state index is -4.77. The lowest BCUT2D eigenvalue weighted by Crippen LogP contribution is -2.25. The van der Waals surface area contributed by atoms with Gasteiger partial charge in [0.05, 0.1) is 26.4 Å². The number of esters is 2. The predicted molar refractivity (Wildman–Crippen MR) is 224 cm³/mol. The van der Waals surface area contributed by atoms with Gasteiger partial charge in [0.15, 0.2) is 0 Å². The first-order chi connectivity index (χ1) is 27.8. The molecule has 0 aromatic heterocycles. The number of aliphatic hydroxyl groups excluding tert-OH is 3. The number of phosphoric acid groups is 2. The van der Waals surface area contributed by atoms with Crippen LogP contribution in [-0.4, -0.2) is 95.0 Å². The fraction of sp³-hybridized carbons (Fsp3) is 0.951. The second kappa shape index (κ2) is 38.9. The Balaban J connectivity index is 3.90. The summed E-state index contributed by atoms with van der Waals surface area (Å²) in [6, 6.07) is 0. The highest BCUT2D eigenvalue weighted by Crippen LogP contribution is 2.45. The molecule has 4 unspecified atom stereocenters. The Labute approximate surface area is 349 Å². The Hall–Kier alpha value is -0.960. The predicted octanol–water partition coefficient (Wildman–Crippen LogP) is 9.39. The number of hydrogen-bond donors (Lipinski definition) is 5. The first-order valence-electron chi connectivity index (χ1n) is 22.4. The molecule has 5 N–H and O–H groups in total. The van der Waals surface area contributed by atoms with E-state index in [4.69, 9.17) is 9.47 Å². The van der Waals surface area contributed by atoms with Gasteiger partial charge in [-0.05, 0) is 12.8 Å². The molecule has 15 nitrogen and oxygen atoms in total. The molecule has 0 amide bonds. The first-order valence-corrected chi connectivity index (χ1v) is 25.4. The molecule has 0 aliphatic rings. The number of unbranched alkanes of at least 4 members (excludes halogenated alkanes) is 24. The Morgan fingerprint density at radius 3 is 0.828 bits per heavy atom. The second-order valence-electron chi connectivity index (χ2n) is 15.4. The van der Waals surface area contributed by atoms with Gasteiger partial charge in [-0.15, -0.1) is 0 Å². The maximum absolute atomic E-state index is 12.1. The molecule has 0 aliphatic carbocycles. The fourth-order valence-corrected chi connectivity index (χ4v) is 7.63. The molecule has 0 fully saturated rings. The highest BCUT2D eigenvalue weighted by atomic mass is 31.2. The molecule has 17 heteroatoms. The van der Waals surface area contributed by atoms with Crippen LogP contribution in [-0.2, 0) is 46.3 Å². The van der Waals surface area contributed by atoms with Gasteiger partial charge in [-0.3, -0.25) is 27.7 Å². The van der Waals surface area contributed by atoms with Gasteiger partial charge in [0.25, 0.3) is 0 Å². The van der Waals surface area contributed by atoms with Crippen LogP contribution in [0.2, 0.25) is 0 Å². The number of rotatable bonds is 44. The molecule has 0 saturated carbocycles. The van der Waals surface area contributed by atoms with Crippen LogP contribution in [0.1, 0.15) is 194 Å². The van der Waals surface area contributed by atoms with E-state index < -0.39 is 85.5 Å². The molecule has 0 bridgehead atoms. The van der Waals surface area contributed by atoms with E-state index in [2.05, 4.69) is 31.9 Å².